The summed E-state index contributed by atoms with van der Waals surface area (Å²) in [4.78, 5) is 4.28. The van der Waals surface area contributed by atoms with E-state index in [2.05, 4.69) is 17.2 Å². The number of nitrogens with zero attached hydrogens (tertiary/aromatic N) is 1. The highest BCUT2D eigenvalue weighted by Crippen LogP contribution is 2.13. The van der Waals surface area contributed by atoms with Crippen LogP contribution in [0.1, 0.15) is 24.5 Å². The second-order valence-corrected chi connectivity index (χ2v) is 4.82. The third-order valence-electron chi connectivity index (χ3n) is 3.08. The lowest BCUT2D eigenvalue weighted by molar-refractivity contribution is 0.107. The fraction of sp³-hybridized carbons (Fsp3) is 0.353. The Kier molecular flexibility index (Phi) is 6.03. The molecule has 0 aliphatic heterocycles. The van der Waals surface area contributed by atoms with Crippen LogP contribution in [0.15, 0.2) is 42.6 Å². The molecule has 0 amide bonds. The first-order valence-electron chi connectivity index (χ1n) is 7.21. The first-order chi connectivity index (χ1) is 10.3. The van der Waals surface area contributed by atoms with Gasteiger partial charge in [0.15, 0.2) is 0 Å². The topological polar surface area (TPSA) is 43.4 Å². The van der Waals surface area contributed by atoms with Crippen LogP contribution in [0.5, 0.6) is 5.75 Å². The smallest absolute Gasteiger partial charge is 0.126 e. The van der Waals surface area contributed by atoms with Gasteiger partial charge in [-0.25, -0.2) is 4.98 Å². The maximum absolute atomic E-state index is 5.74. The van der Waals surface area contributed by atoms with Crippen molar-refractivity contribution in [3.05, 3.63) is 53.7 Å². The number of hydrogen-bond acceptors (Lipinski definition) is 4. The molecule has 0 saturated carbocycles. The maximum Gasteiger partial charge on any atom is 0.126 e. The minimum absolute atomic E-state index is 0.579. The molecule has 21 heavy (non-hydrogen) atoms. The van der Waals surface area contributed by atoms with Crippen molar-refractivity contribution in [1.82, 2.24) is 4.98 Å². The van der Waals surface area contributed by atoms with E-state index in [0.717, 1.165) is 35.7 Å². The van der Waals surface area contributed by atoms with Crippen LogP contribution >= 0.6 is 0 Å². The zero-order chi connectivity index (χ0) is 14.9. The molecule has 0 fully saturated rings. The summed E-state index contributed by atoms with van der Waals surface area (Å²) in [7, 11) is 1.67. The van der Waals surface area contributed by atoms with Crippen molar-refractivity contribution in [2.24, 2.45) is 0 Å². The Bertz CT molecular complexity index is 541. The van der Waals surface area contributed by atoms with Crippen molar-refractivity contribution < 1.29 is 9.47 Å². The van der Waals surface area contributed by atoms with E-state index in [0.29, 0.717) is 13.2 Å². The van der Waals surface area contributed by atoms with Gasteiger partial charge in [0.25, 0.3) is 0 Å². The number of aromatic nitrogens is 1. The molecule has 0 unspecified atom stereocenters. The molecule has 112 valence electrons. The van der Waals surface area contributed by atoms with Crippen LogP contribution in [-0.4, -0.2) is 18.6 Å². The SMILES string of the molecule is CCCNc1cc(COCc2ccc(OC)cc2)ccn1. The van der Waals surface area contributed by atoms with E-state index >= 15 is 0 Å². The van der Waals surface area contributed by atoms with Crippen LogP contribution in [0.25, 0.3) is 0 Å². The normalized spacial score (nSPS) is 10.4. The van der Waals surface area contributed by atoms with Crippen LogP contribution in [0, 0.1) is 0 Å². The predicted octanol–water partition coefficient (Wildman–Crippen LogP) is 3.63. The summed E-state index contributed by atoms with van der Waals surface area (Å²) in [5.74, 6) is 1.77. The van der Waals surface area contributed by atoms with E-state index in [-0.39, 0.29) is 0 Å². The molecule has 0 aliphatic rings. The molecule has 0 aliphatic carbocycles. The number of methoxy groups -OCH3 is 1. The zero-order valence-electron chi connectivity index (χ0n) is 12.6. The second kappa shape index (κ2) is 8.27. The molecule has 1 N–H and O–H groups in total. The molecule has 0 spiro atoms. The van der Waals surface area contributed by atoms with E-state index in [1.807, 2.05) is 42.6 Å². The highest BCUT2D eigenvalue weighted by atomic mass is 16.5. The maximum atomic E-state index is 5.74. The molecule has 0 saturated heterocycles. The van der Waals surface area contributed by atoms with Gasteiger partial charge in [-0.15, -0.1) is 0 Å². The lowest BCUT2D eigenvalue weighted by atomic mass is 10.2. The van der Waals surface area contributed by atoms with Gasteiger partial charge >= 0.3 is 0 Å². The number of rotatable bonds is 8. The van der Waals surface area contributed by atoms with Crippen molar-refractivity contribution in [1.29, 1.82) is 0 Å². The quantitative estimate of drug-likeness (QED) is 0.804. The van der Waals surface area contributed by atoms with Gasteiger partial charge in [-0.3, -0.25) is 0 Å². The van der Waals surface area contributed by atoms with Gasteiger partial charge in [0.05, 0.1) is 20.3 Å². The summed E-state index contributed by atoms with van der Waals surface area (Å²) < 4.78 is 10.9. The largest absolute Gasteiger partial charge is 0.497 e. The van der Waals surface area contributed by atoms with Crippen molar-refractivity contribution in [3.8, 4) is 5.75 Å². The van der Waals surface area contributed by atoms with Crippen LogP contribution in [-0.2, 0) is 18.0 Å². The van der Waals surface area contributed by atoms with E-state index in [1.165, 1.54) is 0 Å². The molecule has 4 heteroatoms. The average Bonchev–Trinajstić information content (AvgIpc) is 2.54. The Balaban J connectivity index is 1.82. The van der Waals surface area contributed by atoms with Gasteiger partial charge in [-0.1, -0.05) is 19.1 Å². The number of ether oxygens (including phenoxy) is 2. The summed E-state index contributed by atoms with van der Waals surface area (Å²) in [5.41, 5.74) is 2.26. The Hall–Kier alpha value is -2.07. The van der Waals surface area contributed by atoms with E-state index in [1.54, 1.807) is 7.11 Å². The molecule has 1 aromatic heterocycles. The summed E-state index contributed by atoms with van der Waals surface area (Å²) in [6.45, 7) is 4.23. The lowest BCUT2D eigenvalue weighted by Crippen LogP contribution is -2.02. The molecule has 2 rings (SSSR count). The third-order valence-corrected chi connectivity index (χ3v) is 3.08. The molecular weight excluding hydrogens is 264 g/mol. The van der Waals surface area contributed by atoms with E-state index < -0.39 is 0 Å². The van der Waals surface area contributed by atoms with Crippen molar-refractivity contribution >= 4 is 5.82 Å². The predicted molar refractivity (Wildman–Crippen MR) is 84.5 cm³/mol. The standard InChI is InChI=1S/C17H22N2O2/c1-3-9-18-17-11-15(8-10-19-17)13-21-12-14-4-6-16(20-2)7-5-14/h4-8,10-11H,3,9,12-13H2,1-2H3,(H,18,19). The highest BCUT2D eigenvalue weighted by molar-refractivity contribution is 5.37. The number of nitrogens with one attached hydrogen (secondary N) is 1. The van der Waals surface area contributed by atoms with Crippen LogP contribution in [0.2, 0.25) is 0 Å². The molecular formula is C17H22N2O2. The first kappa shape index (κ1) is 15.3. The lowest BCUT2D eigenvalue weighted by Gasteiger charge is -2.08. The average molecular weight is 286 g/mol. The molecule has 1 heterocycles. The van der Waals surface area contributed by atoms with Crippen molar-refractivity contribution in [3.63, 3.8) is 0 Å². The summed E-state index contributed by atoms with van der Waals surface area (Å²) >= 11 is 0. The van der Waals surface area contributed by atoms with Crippen molar-refractivity contribution in [2.75, 3.05) is 19.0 Å². The molecule has 0 atom stereocenters. The Morgan fingerprint density at radius 2 is 1.81 bits per heavy atom. The van der Waals surface area contributed by atoms with Crippen LogP contribution in [0.3, 0.4) is 0 Å². The highest BCUT2D eigenvalue weighted by Gasteiger charge is 1.99. The Morgan fingerprint density at radius 3 is 2.52 bits per heavy atom. The van der Waals surface area contributed by atoms with Crippen LogP contribution < -0.4 is 10.1 Å². The van der Waals surface area contributed by atoms with Gasteiger partial charge < -0.3 is 14.8 Å². The van der Waals surface area contributed by atoms with E-state index in [9.17, 15) is 0 Å². The number of pyridine rings is 1. The van der Waals surface area contributed by atoms with Gasteiger partial charge in [0, 0.05) is 12.7 Å². The number of benzene rings is 1. The Morgan fingerprint density at radius 1 is 1.05 bits per heavy atom. The minimum Gasteiger partial charge on any atom is -0.497 e. The first-order valence-corrected chi connectivity index (χ1v) is 7.21. The van der Waals surface area contributed by atoms with Crippen molar-refractivity contribution in [2.45, 2.75) is 26.6 Å². The summed E-state index contributed by atoms with van der Waals surface area (Å²) in [5, 5.41) is 3.27. The molecule has 2 aromatic rings. The second-order valence-electron chi connectivity index (χ2n) is 4.82. The monoisotopic (exact) mass is 286 g/mol. The molecule has 1 aromatic carbocycles. The fourth-order valence-corrected chi connectivity index (χ4v) is 1.92. The van der Waals surface area contributed by atoms with Gasteiger partial charge in [0.2, 0.25) is 0 Å². The number of anilines is 1. The number of hydrogen-bond donors (Lipinski definition) is 1. The molecule has 0 radical (unpaired) electrons. The van der Waals surface area contributed by atoms with Crippen LogP contribution in [0.4, 0.5) is 5.82 Å². The third kappa shape index (κ3) is 5.08. The summed E-state index contributed by atoms with van der Waals surface area (Å²) in [6.07, 6.45) is 2.89. The Labute approximate surface area is 126 Å². The van der Waals surface area contributed by atoms with E-state index in [4.69, 9.17) is 9.47 Å². The minimum atomic E-state index is 0.579. The molecule has 4 nitrogen and oxygen atoms in total. The molecule has 0 bridgehead atoms. The fourth-order valence-electron chi connectivity index (χ4n) is 1.92. The van der Waals surface area contributed by atoms with Gasteiger partial charge in [0.1, 0.15) is 11.6 Å². The summed E-state index contributed by atoms with van der Waals surface area (Å²) in [6, 6.07) is 11.9. The van der Waals surface area contributed by atoms with Gasteiger partial charge in [-0.2, -0.15) is 0 Å². The van der Waals surface area contributed by atoms with Gasteiger partial charge in [-0.05, 0) is 41.8 Å². The zero-order valence-corrected chi connectivity index (χ0v) is 12.6.